The van der Waals surface area contributed by atoms with Gasteiger partial charge in [-0.25, -0.2) is 4.98 Å². The largest absolute Gasteiger partial charge is 0.494 e. The molecule has 0 radical (unpaired) electrons. The van der Waals surface area contributed by atoms with E-state index in [1.165, 1.54) is 0 Å². The van der Waals surface area contributed by atoms with Crippen LogP contribution in [0.15, 0.2) is 40.3 Å². The van der Waals surface area contributed by atoms with Crippen molar-refractivity contribution in [1.82, 2.24) is 9.97 Å². The van der Waals surface area contributed by atoms with Crippen molar-refractivity contribution >= 4 is 23.4 Å². The maximum Gasteiger partial charge on any atom is 0.251 e. The molecule has 0 aliphatic carbocycles. The van der Waals surface area contributed by atoms with Crippen molar-refractivity contribution in [3.8, 4) is 5.75 Å². The Morgan fingerprint density at radius 2 is 2.00 bits per heavy atom. The van der Waals surface area contributed by atoms with Gasteiger partial charge in [-0.15, -0.1) is 0 Å². The first-order chi connectivity index (χ1) is 11.0. The highest BCUT2D eigenvalue weighted by Gasteiger charge is 2.05. The monoisotopic (exact) mass is 352 g/mol. The maximum atomic E-state index is 11.6. The molecule has 1 aromatic carbocycles. The highest BCUT2D eigenvalue weighted by atomic mass is 35.5. The summed E-state index contributed by atoms with van der Waals surface area (Å²) in [5.41, 5.74) is 0.750. The van der Waals surface area contributed by atoms with Crippen LogP contribution in [0, 0.1) is 0 Å². The van der Waals surface area contributed by atoms with Crippen LogP contribution in [0.2, 0.25) is 5.02 Å². The first-order valence-electron chi connectivity index (χ1n) is 7.67. The first-order valence-corrected chi connectivity index (χ1v) is 9.03. The number of thioether (sulfide) groups is 1. The van der Waals surface area contributed by atoms with Gasteiger partial charge in [0.15, 0.2) is 5.16 Å². The SMILES string of the molecule is CC(C)c1cc(=O)[nH]c(SCCCCOc2ccc(Cl)cc2)n1. The lowest BCUT2D eigenvalue weighted by Gasteiger charge is -2.07. The van der Waals surface area contributed by atoms with Crippen LogP contribution in [-0.4, -0.2) is 22.3 Å². The summed E-state index contributed by atoms with van der Waals surface area (Å²) >= 11 is 7.40. The number of aromatic nitrogens is 2. The summed E-state index contributed by atoms with van der Waals surface area (Å²) in [5.74, 6) is 1.98. The van der Waals surface area contributed by atoms with Crippen LogP contribution in [0.3, 0.4) is 0 Å². The summed E-state index contributed by atoms with van der Waals surface area (Å²) in [6.07, 6.45) is 1.94. The Morgan fingerprint density at radius 3 is 2.70 bits per heavy atom. The Morgan fingerprint density at radius 1 is 1.26 bits per heavy atom. The molecule has 0 bridgehead atoms. The van der Waals surface area contributed by atoms with Crippen LogP contribution in [0.25, 0.3) is 0 Å². The van der Waals surface area contributed by atoms with Crippen molar-refractivity contribution in [2.75, 3.05) is 12.4 Å². The number of hydrogen-bond acceptors (Lipinski definition) is 4. The summed E-state index contributed by atoms with van der Waals surface area (Å²) in [4.78, 5) is 18.8. The minimum absolute atomic E-state index is 0.0859. The lowest BCUT2D eigenvalue weighted by atomic mass is 10.1. The Kier molecular flexibility index (Phi) is 6.99. The second-order valence-corrected chi connectivity index (χ2v) is 7.01. The van der Waals surface area contributed by atoms with E-state index in [0.29, 0.717) is 16.8 Å². The number of hydrogen-bond donors (Lipinski definition) is 1. The van der Waals surface area contributed by atoms with Crippen molar-refractivity contribution < 1.29 is 4.74 Å². The van der Waals surface area contributed by atoms with Gasteiger partial charge in [0, 0.05) is 16.8 Å². The normalized spacial score (nSPS) is 11.0. The Balaban J connectivity index is 1.69. The van der Waals surface area contributed by atoms with Gasteiger partial charge in [-0.1, -0.05) is 37.2 Å². The molecule has 6 heteroatoms. The van der Waals surface area contributed by atoms with E-state index in [-0.39, 0.29) is 11.5 Å². The molecule has 0 saturated carbocycles. The second-order valence-electron chi connectivity index (χ2n) is 5.49. The van der Waals surface area contributed by atoms with E-state index in [0.717, 1.165) is 30.0 Å². The van der Waals surface area contributed by atoms with Crippen molar-refractivity contribution in [2.24, 2.45) is 0 Å². The first kappa shape index (κ1) is 17.9. The standard InChI is InChI=1S/C17H21ClN2O2S/c1-12(2)15-11-16(21)20-17(19-15)23-10-4-3-9-22-14-7-5-13(18)6-8-14/h5-8,11-12H,3-4,9-10H2,1-2H3,(H,19,20,21). The van der Waals surface area contributed by atoms with E-state index in [1.807, 2.05) is 38.1 Å². The quantitative estimate of drug-likeness (QED) is 0.432. The fourth-order valence-electron chi connectivity index (χ4n) is 1.91. The lowest BCUT2D eigenvalue weighted by molar-refractivity contribution is 0.310. The highest BCUT2D eigenvalue weighted by molar-refractivity contribution is 7.99. The summed E-state index contributed by atoms with van der Waals surface area (Å²) in [5, 5.41) is 1.40. The average Bonchev–Trinajstić information content (AvgIpc) is 2.52. The van der Waals surface area contributed by atoms with Crippen molar-refractivity contribution in [1.29, 1.82) is 0 Å². The minimum atomic E-state index is -0.0859. The average molecular weight is 353 g/mol. The number of halogens is 1. The number of benzene rings is 1. The van der Waals surface area contributed by atoms with Gasteiger partial charge < -0.3 is 9.72 Å². The topological polar surface area (TPSA) is 55.0 Å². The van der Waals surface area contributed by atoms with E-state index >= 15 is 0 Å². The van der Waals surface area contributed by atoms with Crippen molar-refractivity contribution in [3.63, 3.8) is 0 Å². The molecule has 124 valence electrons. The molecule has 0 spiro atoms. The zero-order valence-corrected chi connectivity index (χ0v) is 14.9. The molecule has 0 saturated heterocycles. The van der Waals surface area contributed by atoms with Gasteiger partial charge >= 0.3 is 0 Å². The number of H-pyrrole nitrogens is 1. The number of nitrogens with zero attached hydrogens (tertiary/aromatic N) is 1. The van der Waals surface area contributed by atoms with Gasteiger partial charge in [-0.05, 0) is 43.0 Å². The van der Waals surface area contributed by atoms with E-state index < -0.39 is 0 Å². The fraction of sp³-hybridized carbons (Fsp3) is 0.412. The zero-order chi connectivity index (χ0) is 16.7. The molecule has 0 atom stereocenters. The number of ether oxygens (including phenoxy) is 1. The van der Waals surface area contributed by atoms with Crippen LogP contribution in [-0.2, 0) is 0 Å². The second kappa shape index (κ2) is 8.99. The number of aromatic amines is 1. The van der Waals surface area contributed by atoms with Gasteiger partial charge in [-0.3, -0.25) is 4.79 Å². The van der Waals surface area contributed by atoms with Gasteiger partial charge in [0.25, 0.3) is 5.56 Å². The van der Waals surface area contributed by atoms with E-state index in [9.17, 15) is 4.79 Å². The minimum Gasteiger partial charge on any atom is -0.494 e. The van der Waals surface area contributed by atoms with Gasteiger partial charge in [0.2, 0.25) is 0 Å². The van der Waals surface area contributed by atoms with Crippen LogP contribution >= 0.6 is 23.4 Å². The van der Waals surface area contributed by atoms with Gasteiger partial charge in [-0.2, -0.15) is 0 Å². The molecule has 4 nitrogen and oxygen atoms in total. The molecular weight excluding hydrogens is 332 g/mol. The van der Waals surface area contributed by atoms with E-state index in [1.54, 1.807) is 17.8 Å². The zero-order valence-electron chi connectivity index (χ0n) is 13.3. The fourth-order valence-corrected chi connectivity index (χ4v) is 2.92. The summed E-state index contributed by atoms with van der Waals surface area (Å²) in [7, 11) is 0. The third kappa shape index (κ3) is 6.28. The van der Waals surface area contributed by atoms with Crippen LogP contribution in [0.1, 0.15) is 38.3 Å². The predicted octanol–water partition coefficient (Wildman–Crippen LogP) is 4.50. The summed E-state index contributed by atoms with van der Waals surface area (Å²) in [6.45, 7) is 4.73. The molecule has 0 fully saturated rings. The van der Waals surface area contributed by atoms with Crippen molar-refractivity contribution in [3.05, 3.63) is 51.4 Å². The van der Waals surface area contributed by atoms with Gasteiger partial charge in [0.05, 0.1) is 12.3 Å². The summed E-state index contributed by atoms with van der Waals surface area (Å²) < 4.78 is 5.64. The maximum absolute atomic E-state index is 11.6. The van der Waals surface area contributed by atoms with Crippen molar-refractivity contribution in [2.45, 2.75) is 37.8 Å². The Hall–Kier alpha value is -1.46. The number of nitrogens with one attached hydrogen (secondary N) is 1. The van der Waals surface area contributed by atoms with Crippen LogP contribution in [0.4, 0.5) is 0 Å². The van der Waals surface area contributed by atoms with Gasteiger partial charge in [0.1, 0.15) is 5.75 Å². The Labute approximate surface area is 145 Å². The molecule has 1 aromatic heterocycles. The van der Waals surface area contributed by atoms with Crippen LogP contribution in [0.5, 0.6) is 5.75 Å². The molecule has 0 unspecified atom stereocenters. The summed E-state index contributed by atoms with van der Waals surface area (Å²) in [6, 6.07) is 8.92. The highest BCUT2D eigenvalue weighted by Crippen LogP contribution is 2.18. The Bertz CT molecular complexity index is 671. The molecule has 2 rings (SSSR count). The molecule has 1 N–H and O–H groups in total. The molecule has 1 heterocycles. The van der Waals surface area contributed by atoms with Crippen LogP contribution < -0.4 is 10.3 Å². The molecule has 0 amide bonds. The van der Waals surface area contributed by atoms with E-state index in [2.05, 4.69) is 9.97 Å². The molecular formula is C17H21ClN2O2S. The third-order valence-electron chi connectivity index (χ3n) is 3.19. The lowest BCUT2D eigenvalue weighted by Crippen LogP contribution is -2.11. The predicted molar refractivity (Wildman–Crippen MR) is 95.9 cm³/mol. The smallest absolute Gasteiger partial charge is 0.251 e. The third-order valence-corrected chi connectivity index (χ3v) is 4.40. The number of rotatable bonds is 8. The molecule has 0 aliphatic heterocycles. The number of unbranched alkanes of at least 4 members (excludes halogenated alkanes) is 1. The molecule has 0 aliphatic rings. The van der Waals surface area contributed by atoms with E-state index in [4.69, 9.17) is 16.3 Å². The molecule has 23 heavy (non-hydrogen) atoms. The molecule has 2 aromatic rings.